The number of carbonyl (C=O) groups is 1. The minimum absolute atomic E-state index is 0.0989. The maximum atomic E-state index is 11.9. The van der Waals surface area contributed by atoms with Gasteiger partial charge in [0, 0.05) is 31.4 Å². The maximum absolute atomic E-state index is 11.9. The van der Waals surface area contributed by atoms with Crippen LogP contribution in [0.4, 0.5) is 5.82 Å². The van der Waals surface area contributed by atoms with Gasteiger partial charge in [-0.15, -0.1) is 0 Å². The Hall–Kier alpha value is -2.51. The van der Waals surface area contributed by atoms with Crippen LogP contribution in [-0.2, 0) is 4.74 Å². The number of nitrogens with one attached hydrogen (secondary N) is 1. The Morgan fingerprint density at radius 2 is 2.08 bits per heavy atom. The van der Waals surface area contributed by atoms with Crippen LogP contribution in [0.25, 0.3) is 11.3 Å². The van der Waals surface area contributed by atoms with Gasteiger partial charge in [0.2, 0.25) is 0 Å². The Bertz CT molecular complexity index is 684. The summed E-state index contributed by atoms with van der Waals surface area (Å²) in [4.78, 5) is 23.0. The maximum Gasteiger partial charge on any atom is 0.269 e. The molecule has 24 heavy (non-hydrogen) atoms. The van der Waals surface area contributed by atoms with E-state index in [2.05, 4.69) is 20.2 Å². The topological polar surface area (TPSA) is 87.6 Å². The smallest absolute Gasteiger partial charge is 0.269 e. The van der Waals surface area contributed by atoms with Crippen LogP contribution < -0.4 is 10.2 Å². The lowest BCUT2D eigenvalue weighted by atomic mass is 10.1. The number of amides is 1. The summed E-state index contributed by atoms with van der Waals surface area (Å²) in [7, 11) is 0. The molecule has 1 aliphatic heterocycles. The second-order valence-corrected chi connectivity index (χ2v) is 5.39. The number of morpholine rings is 1. The molecule has 1 amide bonds. The van der Waals surface area contributed by atoms with Crippen molar-refractivity contribution in [3.05, 3.63) is 42.2 Å². The largest absolute Gasteiger partial charge is 0.395 e. The van der Waals surface area contributed by atoms with Crippen molar-refractivity contribution in [3.8, 4) is 11.3 Å². The zero-order valence-electron chi connectivity index (χ0n) is 13.3. The number of nitrogens with zero attached hydrogens (tertiary/aromatic N) is 3. The quantitative estimate of drug-likeness (QED) is 0.840. The lowest BCUT2D eigenvalue weighted by Gasteiger charge is -2.27. The molecule has 2 aromatic heterocycles. The number of hydrogen-bond acceptors (Lipinski definition) is 6. The van der Waals surface area contributed by atoms with Crippen LogP contribution in [0.2, 0.25) is 0 Å². The van der Waals surface area contributed by atoms with Crippen LogP contribution in [0.15, 0.2) is 36.5 Å². The fourth-order valence-electron chi connectivity index (χ4n) is 2.50. The van der Waals surface area contributed by atoms with Gasteiger partial charge in [-0.25, -0.2) is 9.97 Å². The number of aliphatic hydroxyl groups excluding tert-OH is 1. The third-order valence-electron chi connectivity index (χ3n) is 3.76. The Balaban J connectivity index is 1.75. The predicted molar refractivity (Wildman–Crippen MR) is 89.9 cm³/mol. The van der Waals surface area contributed by atoms with Gasteiger partial charge in [-0.3, -0.25) is 4.79 Å². The zero-order chi connectivity index (χ0) is 16.8. The number of carbonyl (C=O) groups excluding carboxylic acids is 1. The highest BCUT2D eigenvalue weighted by atomic mass is 16.5. The summed E-state index contributed by atoms with van der Waals surface area (Å²) in [6.45, 7) is 3.22. The van der Waals surface area contributed by atoms with Gasteiger partial charge in [-0.1, -0.05) is 6.07 Å². The first-order chi connectivity index (χ1) is 11.8. The van der Waals surface area contributed by atoms with Gasteiger partial charge in [0.15, 0.2) is 0 Å². The Morgan fingerprint density at radius 1 is 1.25 bits per heavy atom. The molecule has 3 heterocycles. The van der Waals surface area contributed by atoms with Gasteiger partial charge in [-0.2, -0.15) is 0 Å². The molecule has 2 aromatic rings. The van der Waals surface area contributed by atoms with Crippen molar-refractivity contribution >= 4 is 11.7 Å². The summed E-state index contributed by atoms with van der Waals surface area (Å²) in [6.07, 6.45) is 1.77. The summed E-state index contributed by atoms with van der Waals surface area (Å²) >= 11 is 0. The van der Waals surface area contributed by atoms with Crippen molar-refractivity contribution in [2.24, 2.45) is 0 Å². The van der Waals surface area contributed by atoms with Gasteiger partial charge in [0.1, 0.15) is 11.5 Å². The molecule has 2 N–H and O–H groups in total. The van der Waals surface area contributed by atoms with E-state index in [-0.39, 0.29) is 19.1 Å². The fraction of sp³-hybridized carbons (Fsp3) is 0.353. The van der Waals surface area contributed by atoms with Crippen LogP contribution in [0.1, 0.15) is 10.5 Å². The number of pyridine rings is 2. The summed E-state index contributed by atoms with van der Waals surface area (Å²) in [6, 6.07) is 9.18. The number of hydrogen-bond donors (Lipinski definition) is 2. The van der Waals surface area contributed by atoms with E-state index in [1.54, 1.807) is 18.3 Å². The van der Waals surface area contributed by atoms with E-state index in [4.69, 9.17) is 9.84 Å². The number of aliphatic hydroxyl groups is 1. The second kappa shape index (κ2) is 7.85. The Morgan fingerprint density at radius 3 is 2.79 bits per heavy atom. The van der Waals surface area contributed by atoms with Gasteiger partial charge in [0.25, 0.3) is 5.91 Å². The minimum Gasteiger partial charge on any atom is -0.395 e. The van der Waals surface area contributed by atoms with Crippen molar-refractivity contribution in [1.82, 2.24) is 15.3 Å². The highest BCUT2D eigenvalue weighted by molar-refractivity contribution is 5.92. The van der Waals surface area contributed by atoms with Crippen molar-refractivity contribution < 1.29 is 14.6 Å². The first-order valence-corrected chi connectivity index (χ1v) is 7.93. The zero-order valence-corrected chi connectivity index (χ0v) is 13.3. The summed E-state index contributed by atoms with van der Waals surface area (Å²) in [5.41, 5.74) is 1.86. The van der Waals surface area contributed by atoms with Crippen LogP contribution in [0.3, 0.4) is 0 Å². The van der Waals surface area contributed by atoms with Crippen LogP contribution >= 0.6 is 0 Å². The van der Waals surface area contributed by atoms with Crippen molar-refractivity contribution in [1.29, 1.82) is 0 Å². The molecule has 1 fully saturated rings. The molecule has 0 aromatic carbocycles. The number of ether oxygens (including phenoxy) is 1. The van der Waals surface area contributed by atoms with Crippen LogP contribution in [0.5, 0.6) is 0 Å². The van der Waals surface area contributed by atoms with E-state index in [0.29, 0.717) is 11.4 Å². The van der Waals surface area contributed by atoms with Crippen molar-refractivity contribution in [3.63, 3.8) is 0 Å². The Kier molecular flexibility index (Phi) is 5.35. The second-order valence-electron chi connectivity index (χ2n) is 5.39. The molecule has 1 aliphatic rings. The molecule has 1 saturated heterocycles. The normalized spacial score (nSPS) is 14.5. The van der Waals surface area contributed by atoms with Gasteiger partial charge in [-0.05, 0) is 24.3 Å². The minimum atomic E-state index is -0.302. The molecule has 7 nitrogen and oxygen atoms in total. The first kappa shape index (κ1) is 16.4. The standard InChI is InChI=1S/C17H20N4O3/c22-9-6-18-17(23)15-3-1-2-14(20-15)13-4-5-16(19-12-13)21-7-10-24-11-8-21/h1-5,12,22H,6-11H2,(H,18,23). The van der Waals surface area contributed by atoms with Crippen molar-refractivity contribution in [2.75, 3.05) is 44.4 Å². The van der Waals surface area contributed by atoms with E-state index >= 15 is 0 Å². The average molecular weight is 328 g/mol. The molecular weight excluding hydrogens is 308 g/mol. The fourth-order valence-corrected chi connectivity index (χ4v) is 2.50. The lowest BCUT2D eigenvalue weighted by Crippen LogP contribution is -2.36. The molecule has 0 unspecified atom stereocenters. The molecule has 7 heteroatoms. The average Bonchev–Trinajstić information content (AvgIpc) is 2.67. The van der Waals surface area contributed by atoms with E-state index < -0.39 is 0 Å². The van der Waals surface area contributed by atoms with E-state index in [0.717, 1.165) is 37.7 Å². The highest BCUT2D eigenvalue weighted by Crippen LogP contribution is 2.20. The lowest BCUT2D eigenvalue weighted by molar-refractivity contribution is 0.0940. The molecule has 0 atom stereocenters. The number of aromatic nitrogens is 2. The highest BCUT2D eigenvalue weighted by Gasteiger charge is 2.13. The molecular formula is C17H20N4O3. The third-order valence-corrected chi connectivity index (χ3v) is 3.76. The van der Waals surface area contributed by atoms with Crippen LogP contribution in [-0.4, -0.2) is 60.4 Å². The summed E-state index contributed by atoms with van der Waals surface area (Å²) in [5, 5.41) is 11.4. The molecule has 0 saturated carbocycles. The van der Waals surface area contributed by atoms with Gasteiger partial charge >= 0.3 is 0 Å². The van der Waals surface area contributed by atoms with E-state index in [9.17, 15) is 4.79 Å². The third kappa shape index (κ3) is 3.87. The van der Waals surface area contributed by atoms with E-state index in [1.807, 2.05) is 18.2 Å². The summed E-state index contributed by atoms with van der Waals surface area (Å²) in [5.74, 6) is 0.614. The molecule has 3 rings (SSSR count). The number of anilines is 1. The SMILES string of the molecule is O=C(NCCO)c1cccc(-c2ccc(N3CCOCC3)nc2)n1. The molecule has 0 aliphatic carbocycles. The molecule has 126 valence electrons. The van der Waals surface area contributed by atoms with Gasteiger partial charge in [0.05, 0.1) is 25.5 Å². The first-order valence-electron chi connectivity index (χ1n) is 7.93. The molecule has 0 spiro atoms. The molecule has 0 radical (unpaired) electrons. The molecule has 0 bridgehead atoms. The van der Waals surface area contributed by atoms with Gasteiger partial charge < -0.3 is 20.1 Å². The van der Waals surface area contributed by atoms with Crippen molar-refractivity contribution in [2.45, 2.75) is 0 Å². The monoisotopic (exact) mass is 328 g/mol. The predicted octanol–water partition coefficient (Wildman–Crippen LogP) is 0.702. The number of rotatable bonds is 5. The van der Waals surface area contributed by atoms with Crippen LogP contribution in [0, 0.1) is 0 Å². The Labute approximate surface area is 140 Å². The summed E-state index contributed by atoms with van der Waals surface area (Å²) < 4.78 is 5.34. The van der Waals surface area contributed by atoms with E-state index in [1.165, 1.54) is 0 Å².